The van der Waals surface area contributed by atoms with Gasteiger partial charge in [-0.05, 0) is 24.3 Å². The first kappa shape index (κ1) is 13.0. The first-order valence-electron chi connectivity index (χ1n) is 6.30. The predicted octanol–water partition coefficient (Wildman–Crippen LogP) is 3.14. The predicted molar refractivity (Wildman–Crippen MR) is 76.8 cm³/mol. The number of fused-ring (bicyclic) bond motifs is 1. The molecule has 0 saturated heterocycles. The average molecular weight is 265 g/mol. The van der Waals surface area contributed by atoms with Gasteiger partial charge >= 0.3 is 0 Å². The van der Waals surface area contributed by atoms with Gasteiger partial charge in [0.15, 0.2) is 0 Å². The first-order chi connectivity index (χ1) is 8.81. The second kappa shape index (κ2) is 5.91. The van der Waals surface area contributed by atoms with E-state index in [1.807, 2.05) is 5.38 Å². The minimum Gasteiger partial charge on any atom is -0.465 e. The van der Waals surface area contributed by atoms with Crippen LogP contribution in [0.3, 0.4) is 0 Å². The van der Waals surface area contributed by atoms with E-state index in [-0.39, 0.29) is 0 Å². The summed E-state index contributed by atoms with van der Waals surface area (Å²) < 4.78 is 5.74. The molecule has 0 radical (unpaired) electrons. The quantitative estimate of drug-likeness (QED) is 0.910. The largest absolute Gasteiger partial charge is 0.465 e. The molecule has 0 spiro atoms. The van der Waals surface area contributed by atoms with Gasteiger partial charge in [-0.1, -0.05) is 13.8 Å². The van der Waals surface area contributed by atoms with Crippen LogP contribution in [0.1, 0.15) is 32.3 Å². The molecule has 1 aliphatic rings. The number of thiophene rings is 1. The van der Waals surface area contributed by atoms with E-state index in [0.29, 0.717) is 12.6 Å². The lowest BCUT2D eigenvalue weighted by Gasteiger charge is -2.30. The van der Waals surface area contributed by atoms with Crippen LogP contribution in [0.4, 0.5) is 5.00 Å². The van der Waals surface area contributed by atoms with E-state index in [0.717, 1.165) is 35.6 Å². The number of nitrogens with zero attached hydrogens (tertiary/aromatic N) is 2. The molecule has 1 aliphatic heterocycles. The van der Waals surface area contributed by atoms with Gasteiger partial charge in [-0.25, -0.2) is 0 Å². The molecule has 1 aromatic heterocycles. The van der Waals surface area contributed by atoms with Gasteiger partial charge in [0.2, 0.25) is 0 Å². The molecule has 18 heavy (non-hydrogen) atoms. The zero-order valence-corrected chi connectivity index (χ0v) is 11.7. The Bertz CT molecular complexity index is 465. The number of rotatable bonds is 4. The smallest absolute Gasteiger partial charge is 0.298 e. The van der Waals surface area contributed by atoms with Crippen molar-refractivity contribution in [3.63, 3.8) is 0 Å². The maximum Gasteiger partial charge on any atom is 0.298 e. The molecule has 0 bridgehead atoms. The van der Waals surface area contributed by atoms with E-state index in [2.05, 4.69) is 29.8 Å². The fraction of sp³-hybridized carbons (Fsp3) is 0.462. The van der Waals surface area contributed by atoms with Crippen LogP contribution in [0.25, 0.3) is 5.70 Å². The minimum atomic E-state index is 0.672. The summed E-state index contributed by atoms with van der Waals surface area (Å²) in [5.41, 5.74) is 7.87. The van der Waals surface area contributed by atoms with Crippen molar-refractivity contribution in [3.8, 4) is 0 Å². The summed E-state index contributed by atoms with van der Waals surface area (Å²) in [6, 6.07) is 2.73. The van der Waals surface area contributed by atoms with Crippen molar-refractivity contribution >= 4 is 28.1 Å². The fourth-order valence-electron chi connectivity index (χ4n) is 1.90. The van der Waals surface area contributed by atoms with Gasteiger partial charge in [0.05, 0.1) is 12.3 Å². The Kier molecular flexibility index (Phi) is 4.25. The maximum absolute atomic E-state index is 5.78. The van der Waals surface area contributed by atoms with E-state index in [4.69, 9.17) is 10.5 Å². The van der Waals surface area contributed by atoms with Crippen molar-refractivity contribution in [2.75, 3.05) is 13.2 Å². The maximum atomic E-state index is 5.78. The summed E-state index contributed by atoms with van der Waals surface area (Å²) >= 11 is 1.61. The Morgan fingerprint density at radius 1 is 1.44 bits per heavy atom. The number of aliphatic imine (C=N–C) groups is 1. The molecular weight excluding hydrogens is 246 g/mol. The van der Waals surface area contributed by atoms with E-state index < -0.39 is 0 Å². The molecule has 0 aliphatic carbocycles. The monoisotopic (exact) mass is 265 g/mol. The average Bonchev–Trinajstić information content (AvgIpc) is 2.84. The third kappa shape index (κ3) is 2.36. The first-order valence-corrected chi connectivity index (χ1v) is 7.18. The van der Waals surface area contributed by atoms with E-state index in [1.165, 1.54) is 0 Å². The van der Waals surface area contributed by atoms with Gasteiger partial charge in [-0.2, -0.15) is 4.99 Å². The summed E-state index contributed by atoms with van der Waals surface area (Å²) in [6.45, 7) is 5.76. The number of amidine groups is 1. The Hall–Kier alpha value is -1.49. The lowest BCUT2D eigenvalue weighted by Crippen LogP contribution is -2.34. The summed E-state index contributed by atoms with van der Waals surface area (Å²) in [7, 11) is 0. The Morgan fingerprint density at radius 3 is 2.94 bits per heavy atom. The summed E-state index contributed by atoms with van der Waals surface area (Å²) in [6.07, 6.45) is 3.63. The molecule has 1 aromatic rings. The molecule has 0 unspecified atom stereocenters. The molecule has 4 nitrogen and oxygen atoms in total. The normalized spacial score (nSPS) is 16.7. The van der Waals surface area contributed by atoms with Crippen LogP contribution in [-0.2, 0) is 4.74 Å². The lowest BCUT2D eigenvalue weighted by molar-refractivity contribution is 0.257. The molecule has 0 fully saturated rings. The van der Waals surface area contributed by atoms with E-state index >= 15 is 0 Å². The van der Waals surface area contributed by atoms with Crippen LogP contribution >= 0.6 is 11.3 Å². The molecular formula is C13H19N3OS. The fourth-order valence-corrected chi connectivity index (χ4v) is 2.66. The van der Waals surface area contributed by atoms with Crippen LogP contribution < -0.4 is 5.73 Å². The summed E-state index contributed by atoms with van der Waals surface area (Å²) in [4.78, 5) is 6.64. The third-order valence-electron chi connectivity index (χ3n) is 2.68. The Balaban J connectivity index is 2.36. The molecule has 98 valence electrons. The van der Waals surface area contributed by atoms with Gasteiger partial charge in [0.1, 0.15) is 5.00 Å². The number of hydrogen-bond donors (Lipinski definition) is 1. The molecule has 5 heteroatoms. The molecule has 2 rings (SSSR count). The number of ether oxygens (including phenoxy) is 1. The van der Waals surface area contributed by atoms with Gasteiger partial charge in [0.25, 0.3) is 6.02 Å². The van der Waals surface area contributed by atoms with Crippen molar-refractivity contribution in [3.05, 3.63) is 23.2 Å². The minimum absolute atomic E-state index is 0.672. The molecule has 0 aromatic carbocycles. The van der Waals surface area contributed by atoms with Crippen LogP contribution in [-0.4, -0.2) is 24.1 Å². The zero-order chi connectivity index (χ0) is 13.0. The Morgan fingerprint density at radius 2 is 2.28 bits per heavy atom. The molecule has 2 N–H and O–H groups in total. The van der Waals surface area contributed by atoms with Crippen molar-refractivity contribution in [2.45, 2.75) is 26.7 Å². The number of nitrogens with two attached hydrogens (primary N) is 1. The van der Waals surface area contributed by atoms with Gasteiger partial charge < -0.3 is 10.5 Å². The molecule has 0 atom stereocenters. The summed E-state index contributed by atoms with van der Waals surface area (Å²) in [5.74, 6) is 0. The molecule has 2 heterocycles. The molecule has 0 saturated carbocycles. The SMILES string of the molecule is CCCOC1=Nc2sccc2/C(=C\N)N1CCC. The van der Waals surface area contributed by atoms with Crippen molar-refractivity contribution < 1.29 is 4.74 Å². The van der Waals surface area contributed by atoms with Crippen LogP contribution in [0.15, 0.2) is 22.6 Å². The van der Waals surface area contributed by atoms with Gasteiger partial charge in [-0.3, -0.25) is 4.90 Å². The highest BCUT2D eigenvalue weighted by Crippen LogP contribution is 2.38. The summed E-state index contributed by atoms with van der Waals surface area (Å²) in [5, 5.41) is 3.01. The highest BCUT2D eigenvalue weighted by molar-refractivity contribution is 7.14. The van der Waals surface area contributed by atoms with Gasteiger partial charge in [0, 0.05) is 18.3 Å². The second-order valence-electron chi connectivity index (χ2n) is 4.09. The topological polar surface area (TPSA) is 50.9 Å². The van der Waals surface area contributed by atoms with E-state index in [9.17, 15) is 0 Å². The highest BCUT2D eigenvalue weighted by Gasteiger charge is 2.26. The standard InChI is InChI=1S/C13H19N3OS/c1-3-6-16-11(9-14)10-5-8-18-12(10)15-13(16)17-7-4-2/h5,8-9H,3-4,6-7,14H2,1-2H3/b11-9+. The molecule has 0 amide bonds. The number of hydrogen-bond acceptors (Lipinski definition) is 5. The van der Waals surface area contributed by atoms with Crippen molar-refractivity contribution in [1.82, 2.24) is 4.90 Å². The van der Waals surface area contributed by atoms with Crippen molar-refractivity contribution in [2.24, 2.45) is 10.7 Å². The van der Waals surface area contributed by atoms with E-state index in [1.54, 1.807) is 17.5 Å². The second-order valence-corrected chi connectivity index (χ2v) is 4.98. The Labute approximate surface area is 112 Å². The van der Waals surface area contributed by atoms with Crippen LogP contribution in [0.2, 0.25) is 0 Å². The third-order valence-corrected chi connectivity index (χ3v) is 3.49. The van der Waals surface area contributed by atoms with Crippen LogP contribution in [0, 0.1) is 0 Å². The lowest BCUT2D eigenvalue weighted by atomic mass is 10.2. The van der Waals surface area contributed by atoms with Gasteiger partial charge in [-0.15, -0.1) is 11.3 Å². The highest BCUT2D eigenvalue weighted by atomic mass is 32.1. The zero-order valence-electron chi connectivity index (χ0n) is 10.8. The van der Waals surface area contributed by atoms with Crippen molar-refractivity contribution in [1.29, 1.82) is 0 Å². The van der Waals surface area contributed by atoms with Crippen LogP contribution in [0.5, 0.6) is 0 Å².